The molecule has 3 atom stereocenters. The molecule has 0 bridgehead atoms. The zero-order chi connectivity index (χ0) is 31.3. The van der Waals surface area contributed by atoms with Crippen LogP contribution in [0.5, 0.6) is 0 Å². The van der Waals surface area contributed by atoms with Gasteiger partial charge < -0.3 is 30.0 Å². The van der Waals surface area contributed by atoms with Crippen LogP contribution in [-0.4, -0.2) is 90.0 Å². The number of carboxylic acids is 1. The van der Waals surface area contributed by atoms with Crippen LogP contribution >= 0.6 is 34.7 Å². The lowest BCUT2D eigenvalue weighted by molar-refractivity contribution is -0.392. The van der Waals surface area contributed by atoms with Crippen molar-refractivity contribution in [1.82, 2.24) is 19.8 Å². The first-order chi connectivity index (χ1) is 20.5. The molecule has 230 valence electrons. The molecule has 2 N–H and O–H groups in total. The number of thioether (sulfide) groups is 1. The molecule has 0 aromatic carbocycles. The molecule has 2 aliphatic rings. The third-order valence-electron chi connectivity index (χ3n) is 6.50. The number of esters is 2. The van der Waals surface area contributed by atoms with Crippen molar-refractivity contribution in [2.45, 2.75) is 50.3 Å². The van der Waals surface area contributed by atoms with Crippen LogP contribution in [0.4, 0.5) is 5.82 Å². The molecule has 2 amide bonds. The molecule has 43 heavy (non-hydrogen) atoms. The summed E-state index contributed by atoms with van der Waals surface area (Å²) in [6.45, 7) is 1.03. The summed E-state index contributed by atoms with van der Waals surface area (Å²) < 4.78 is 11.7. The number of carbonyl (C=O) groups excluding carboxylic acids is 4. The van der Waals surface area contributed by atoms with Crippen LogP contribution in [0.15, 0.2) is 35.0 Å². The number of ether oxygens (including phenoxy) is 2. The van der Waals surface area contributed by atoms with Gasteiger partial charge in [0.1, 0.15) is 36.5 Å². The van der Waals surface area contributed by atoms with Crippen molar-refractivity contribution >= 4 is 70.2 Å². The molecule has 18 heteroatoms. The molecule has 1 saturated heterocycles. The number of halogens is 1. The van der Waals surface area contributed by atoms with Gasteiger partial charge in [-0.15, -0.1) is 34.7 Å². The van der Waals surface area contributed by atoms with Gasteiger partial charge in [-0.25, -0.2) is 14.3 Å². The number of β-lactam (4-membered cyclic amide) rings is 1. The molecule has 0 spiro atoms. The van der Waals surface area contributed by atoms with Crippen LogP contribution < -0.4 is 5.32 Å². The van der Waals surface area contributed by atoms with E-state index in [1.807, 2.05) is 11.4 Å². The Morgan fingerprint density at radius 1 is 1.30 bits per heavy atom. The third-order valence-corrected chi connectivity index (χ3v) is 9.06. The van der Waals surface area contributed by atoms with Crippen LogP contribution in [0, 0.1) is 17.0 Å². The summed E-state index contributed by atoms with van der Waals surface area (Å²) in [7, 11) is 0. The van der Waals surface area contributed by atoms with Gasteiger partial charge in [-0.3, -0.25) is 24.1 Å². The molecular formula is C25H26ClN5O10S2. The first-order valence-electron chi connectivity index (χ1n) is 12.8. The summed E-state index contributed by atoms with van der Waals surface area (Å²) in [4.78, 5) is 78.1. The van der Waals surface area contributed by atoms with Crippen molar-refractivity contribution in [2.75, 3.05) is 18.2 Å². The number of hydrogen-bond acceptors (Lipinski definition) is 12. The highest BCUT2D eigenvalue weighted by Gasteiger charge is 2.54. The second kappa shape index (κ2) is 14.0. The van der Waals surface area contributed by atoms with Gasteiger partial charge in [0.25, 0.3) is 5.91 Å². The van der Waals surface area contributed by atoms with E-state index in [9.17, 15) is 39.2 Å². The van der Waals surface area contributed by atoms with Gasteiger partial charge in [0.2, 0.25) is 5.91 Å². The number of rotatable bonds is 14. The van der Waals surface area contributed by atoms with E-state index in [1.165, 1.54) is 27.7 Å². The van der Waals surface area contributed by atoms with Crippen LogP contribution in [0.25, 0.3) is 0 Å². The number of aryl methyl sites for hydroxylation is 1. The van der Waals surface area contributed by atoms with Crippen molar-refractivity contribution in [3.05, 3.63) is 55.8 Å². The molecule has 4 rings (SSSR count). The smallest absolute Gasteiger partial charge is 0.352 e. The Morgan fingerprint density at radius 2 is 2.05 bits per heavy atom. The topological polar surface area (TPSA) is 200 Å². The first-order valence-corrected chi connectivity index (χ1v) is 15.3. The van der Waals surface area contributed by atoms with Gasteiger partial charge in [-0.05, 0) is 16.4 Å². The van der Waals surface area contributed by atoms with Gasteiger partial charge in [0.15, 0.2) is 11.9 Å². The molecule has 1 unspecified atom stereocenters. The quantitative estimate of drug-likeness (QED) is 0.0981. The number of carbonyl (C=O) groups is 5. The number of aromatic nitrogens is 2. The predicted molar refractivity (Wildman–Crippen MR) is 152 cm³/mol. The highest BCUT2D eigenvalue weighted by atomic mass is 35.5. The first kappa shape index (κ1) is 32.0. The van der Waals surface area contributed by atoms with E-state index in [1.54, 1.807) is 13.0 Å². The van der Waals surface area contributed by atoms with Crippen molar-refractivity contribution < 1.29 is 43.5 Å². The van der Waals surface area contributed by atoms with E-state index in [4.69, 9.17) is 21.1 Å². The average molecular weight is 656 g/mol. The van der Waals surface area contributed by atoms with Crippen LogP contribution in [0.1, 0.15) is 23.5 Å². The van der Waals surface area contributed by atoms with Crippen molar-refractivity contribution in [2.24, 2.45) is 0 Å². The largest absolute Gasteiger partial charge is 0.477 e. The van der Waals surface area contributed by atoms with E-state index in [-0.39, 0.29) is 60.4 Å². The molecule has 2 aromatic rings. The highest BCUT2D eigenvalue weighted by molar-refractivity contribution is 8.00. The Labute approximate surface area is 257 Å². The van der Waals surface area contributed by atoms with Crippen molar-refractivity contribution in [3.8, 4) is 0 Å². The van der Waals surface area contributed by atoms with E-state index in [0.29, 0.717) is 5.82 Å². The van der Waals surface area contributed by atoms with Gasteiger partial charge >= 0.3 is 23.7 Å². The second-order valence-corrected chi connectivity index (χ2v) is 11.9. The van der Waals surface area contributed by atoms with Gasteiger partial charge in [0, 0.05) is 23.1 Å². The lowest BCUT2D eigenvalue weighted by Crippen LogP contribution is -2.70. The summed E-state index contributed by atoms with van der Waals surface area (Å²) in [5.41, 5.74) is -0.112. The Morgan fingerprint density at radius 3 is 2.70 bits per heavy atom. The summed E-state index contributed by atoms with van der Waals surface area (Å²) in [6.07, 6.45) is -0.503. The van der Waals surface area contributed by atoms with Crippen LogP contribution in [0.3, 0.4) is 0 Å². The number of thiophene rings is 1. The molecule has 4 heterocycles. The fourth-order valence-corrected chi connectivity index (χ4v) is 6.62. The minimum Gasteiger partial charge on any atom is -0.477 e. The number of carboxylic acid groups (broad SMARTS) is 1. The maximum Gasteiger partial charge on any atom is 0.352 e. The SMILES string of the molecule is Cc1ncc([N+](=O)[O-])n1CC(CCl)OC(=O)CCC(=O)OCC1=C(C(=O)O)N2C(=O)[C@@H](NC(=O)Cc3cccs3)[C@H]2SC1. The number of nitro groups is 1. The summed E-state index contributed by atoms with van der Waals surface area (Å²) in [5.74, 6) is -3.88. The second-order valence-electron chi connectivity index (χ2n) is 9.43. The monoisotopic (exact) mass is 655 g/mol. The van der Waals surface area contributed by atoms with E-state index < -0.39 is 52.9 Å². The highest BCUT2D eigenvalue weighted by Crippen LogP contribution is 2.40. The van der Waals surface area contributed by atoms with Gasteiger partial charge in [-0.1, -0.05) is 6.07 Å². The molecule has 0 radical (unpaired) electrons. The minimum atomic E-state index is -1.38. The molecule has 2 aliphatic heterocycles. The summed E-state index contributed by atoms with van der Waals surface area (Å²) >= 11 is 8.52. The molecule has 1 fully saturated rings. The molecule has 0 aliphatic carbocycles. The fraction of sp³-hybridized carbons (Fsp3) is 0.440. The Kier molecular flexibility index (Phi) is 10.4. The number of nitrogens with zero attached hydrogens (tertiary/aromatic N) is 4. The number of hydrogen-bond donors (Lipinski definition) is 2. The fourth-order valence-electron chi connectivity index (χ4n) is 4.43. The Hall–Kier alpha value is -3.96. The Balaban J connectivity index is 1.26. The third kappa shape index (κ3) is 7.52. The lowest BCUT2D eigenvalue weighted by atomic mass is 10.0. The van der Waals surface area contributed by atoms with Crippen molar-refractivity contribution in [3.63, 3.8) is 0 Å². The molecular weight excluding hydrogens is 630 g/mol. The number of aliphatic carboxylic acids is 1. The molecule has 2 aromatic heterocycles. The number of imidazole rings is 1. The summed E-state index contributed by atoms with van der Waals surface area (Å²) in [6, 6.07) is 2.73. The normalized spacial score (nSPS) is 18.4. The van der Waals surface area contributed by atoms with Crippen LogP contribution in [0.2, 0.25) is 0 Å². The maximum absolute atomic E-state index is 12.8. The standard InChI is InChI=1S/C25H26ClN5O10S2/c1-13-27-9-18(31(38)39)29(13)10-15(8-26)41-20(34)5-4-19(33)40-11-14-12-43-24-21(23(35)30(24)22(14)25(36)37)28-17(32)7-16-3-2-6-42-16/h2-3,6,9,15,21,24H,4-5,7-8,10-12H2,1H3,(H,28,32)(H,36,37)/t15?,21-,24-/m1/s1. The van der Waals surface area contributed by atoms with E-state index in [2.05, 4.69) is 10.3 Å². The van der Waals surface area contributed by atoms with E-state index >= 15 is 0 Å². The number of nitrogens with one attached hydrogen (secondary N) is 1. The minimum absolute atomic E-state index is 0.106. The lowest BCUT2D eigenvalue weighted by Gasteiger charge is -2.49. The average Bonchev–Trinajstić information content (AvgIpc) is 3.61. The van der Waals surface area contributed by atoms with Gasteiger partial charge in [0.05, 0.1) is 25.1 Å². The molecule has 0 saturated carbocycles. The zero-order valence-electron chi connectivity index (χ0n) is 22.6. The molecule has 15 nitrogen and oxygen atoms in total. The predicted octanol–water partition coefficient (Wildman–Crippen LogP) is 1.62. The number of alkyl halides is 1. The Bertz CT molecular complexity index is 1460. The van der Waals surface area contributed by atoms with E-state index in [0.717, 1.165) is 16.0 Å². The number of amides is 2. The zero-order valence-corrected chi connectivity index (χ0v) is 25.0. The van der Waals surface area contributed by atoms with Crippen LogP contribution in [-0.2, 0) is 46.4 Å². The van der Waals surface area contributed by atoms with Crippen molar-refractivity contribution in [1.29, 1.82) is 0 Å². The van der Waals surface area contributed by atoms with Gasteiger partial charge in [-0.2, -0.15) is 0 Å². The summed E-state index contributed by atoms with van der Waals surface area (Å²) in [5, 5.41) is 24.9. The maximum atomic E-state index is 12.8. The number of fused-ring (bicyclic) bond motifs is 1.